The normalized spacial score (nSPS) is 15.7. The van der Waals surface area contributed by atoms with Crippen molar-refractivity contribution in [3.8, 4) is 0 Å². The molecule has 1 aromatic rings. The second-order valence-electron chi connectivity index (χ2n) is 7.55. The topological polar surface area (TPSA) is 70.6 Å². The van der Waals surface area contributed by atoms with Crippen molar-refractivity contribution in [3.05, 3.63) is 35.4 Å². The fourth-order valence-electron chi connectivity index (χ4n) is 2.48. The SMILES string of the molecule is CC(C)[C@@H](NC(=O)c1ccc(C(C)(C)C)cc1)C(=O)NC1=NCCS1. The molecular formula is C19H27N3O2S. The average molecular weight is 362 g/mol. The highest BCUT2D eigenvalue weighted by Crippen LogP contribution is 2.22. The number of carbonyl (C=O) groups is 2. The largest absolute Gasteiger partial charge is 0.340 e. The maximum Gasteiger partial charge on any atom is 0.251 e. The van der Waals surface area contributed by atoms with Gasteiger partial charge in [-0.05, 0) is 29.0 Å². The second kappa shape index (κ2) is 8.04. The van der Waals surface area contributed by atoms with E-state index in [1.807, 2.05) is 38.1 Å². The zero-order valence-corrected chi connectivity index (χ0v) is 16.4. The van der Waals surface area contributed by atoms with Crippen LogP contribution in [0.4, 0.5) is 0 Å². The molecule has 0 bridgehead atoms. The fourth-order valence-corrected chi connectivity index (χ4v) is 3.21. The Hall–Kier alpha value is -1.82. The molecular weight excluding hydrogens is 334 g/mol. The van der Waals surface area contributed by atoms with Gasteiger partial charge in [-0.2, -0.15) is 0 Å². The molecule has 0 saturated carbocycles. The Morgan fingerprint density at radius 3 is 2.28 bits per heavy atom. The summed E-state index contributed by atoms with van der Waals surface area (Å²) in [6, 6.07) is 6.94. The van der Waals surface area contributed by atoms with Crippen LogP contribution >= 0.6 is 11.8 Å². The van der Waals surface area contributed by atoms with E-state index in [1.165, 1.54) is 17.3 Å². The molecule has 5 nitrogen and oxygen atoms in total. The van der Waals surface area contributed by atoms with Gasteiger partial charge in [0.05, 0.1) is 6.54 Å². The Morgan fingerprint density at radius 2 is 1.80 bits per heavy atom. The van der Waals surface area contributed by atoms with Gasteiger partial charge in [0.25, 0.3) is 5.91 Å². The number of hydrogen-bond acceptors (Lipinski definition) is 4. The monoisotopic (exact) mass is 361 g/mol. The summed E-state index contributed by atoms with van der Waals surface area (Å²) in [5, 5.41) is 6.29. The second-order valence-corrected chi connectivity index (χ2v) is 8.63. The van der Waals surface area contributed by atoms with Gasteiger partial charge in [-0.1, -0.05) is 58.5 Å². The molecule has 0 aliphatic carbocycles. The average Bonchev–Trinajstić information content (AvgIpc) is 3.04. The Labute approximate surface area is 154 Å². The number of carbonyl (C=O) groups excluding carboxylic acids is 2. The minimum Gasteiger partial charge on any atom is -0.340 e. The fraction of sp³-hybridized carbons (Fsp3) is 0.526. The van der Waals surface area contributed by atoms with Crippen molar-refractivity contribution in [3.63, 3.8) is 0 Å². The zero-order valence-electron chi connectivity index (χ0n) is 15.6. The van der Waals surface area contributed by atoms with Crippen LogP contribution in [-0.2, 0) is 10.2 Å². The van der Waals surface area contributed by atoms with Crippen LogP contribution in [0, 0.1) is 5.92 Å². The van der Waals surface area contributed by atoms with E-state index in [2.05, 4.69) is 36.4 Å². The first-order valence-electron chi connectivity index (χ1n) is 8.58. The van der Waals surface area contributed by atoms with Crippen LogP contribution in [0.3, 0.4) is 0 Å². The first-order chi connectivity index (χ1) is 11.7. The predicted molar refractivity (Wildman–Crippen MR) is 104 cm³/mol. The highest BCUT2D eigenvalue weighted by Gasteiger charge is 2.26. The molecule has 2 N–H and O–H groups in total. The maximum atomic E-state index is 12.5. The molecule has 0 unspecified atom stereocenters. The van der Waals surface area contributed by atoms with Crippen molar-refractivity contribution in [2.45, 2.75) is 46.1 Å². The van der Waals surface area contributed by atoms with Crippen molar-refractivity contribution >= 4 is 28.7 Å². The van der Waals surface area contributed by atoms with Crippen LogP contribution < -0.4 is 10.6 Å². The molecule has 25 heavy (non-hydrogen) atoms. The van der Waals surface area contributed by atoms with E-state index < -0.39 is 6.04 Å². The Kier molecular flexibility index (Phi) is 6.27. The van der Waals surface area contributed by atoms with Gasteiger partial charge >= 0.3 is 0 Å². The van der Waals surface area contributed by atoms with Gasteiger partial charge in [0.1, 0.15) is 6.04 Å². The minimum absolute atomic E-state index is 0.0233. The van der Waals surface area contributed by atoms with E-state index in [0.717, 1.165) is 12.3 Å². The Morgan fingerprint density at radius 1 is 1.16 bits per heavy atom. The molecule has 136 valence electrons. The van der Waals surface area contributed by atoms with E-state index in [-0.39, 0.29) is 23.1 Å². The lowest BCUT2D eigenvalue weighted by molar-refractivity contribution is -0.122. The zero-order chi connectivity index (χ0) is 18.6. The number of amides is 2. The van der Waals surface area contributed by atoms with Gasteiger partial charge in [-0.25, -0.2) is 0 Å². The number of thioether (sulfide) groups is 1. The number of nitrogens with one attached hydrogen (secondary N) is 2. The Balaban J connectivity index is 2.05. The van der Waals surface area contributed by atoms with Crippen LogP contribution in [0.5, 0.6) is 0 Å². The summed E-state index contributed by atoms with van der Waals surface area (Å²) in [6.45, 7) is 10.9. The molecule has 2 rings (SSSR count). The third kappa shape index (κ3) is 5.33. The van der Waals surface area contributed by atoms with Gasteiger partial charge in [0.2, 0.25) is 5.91 Å². The first-order valence-corrected chi connectivity index (χ1v) is 9.56. The standard InChI is InChI=1S/C19H27N3O2S/c1-12(2)15(17(24)22-18-20-10-11-25-18)21-16(23)13-6-8-14(9-7-13)19(3,4)5/h6-9,12,15H,10-11H2,1-5H3,(H,21,23)(H,20,22,24)/t15-/m1/s1. The number of aliphatic imine (C=N–C) groups is 1. The summed E-state index contributed by atoms with van der Waals surface area (Å²) >= 11 is 1.52. The molecule has 6 heteroatoms. The van der Waals surface area contributed by atoms with Gasteiger partial charge in [-0.3, -0.25) is 14.6 Å². The molecule has 0 radical (unpaired) electrons. The molecule has 0 aromatic heterocycles. The molecule has 1 heterocycles. The highest BCUT2D eigenvalue weighted by molar-refractivity contribution is 8.14. The van der Waals surface area contributed by atoms with E-state index in [9.17, 15) is 9.59 Å². The van der Waals surface area contributed by atoms with Crippen molar-refractivity contribution < 1.29 is 9.59 Å². The van der Waals surface area contributed by atoms with Crippen LogP contribution in [0.1, 0.15) is 50.5 Å². The van der Waals surface area contributed by atoms with Crippen LogP contribution in [0.25, 0.3) is 0 Å². The van der Waals surface area contributed by atoms with Crippen LogP contribution in [-0.4, -0.2) is 35.3 Å². The molecule has 1 aliphatic rings. The summed E-state index contributed by atoms with van der Waals surface area (Å²) in [5.41, 5.74) is 1.76. The number of hydrogen-bond donors (Lipinski definition) is 2. The minimum atomic E-state index is -0.598. The van der Waals surface area contributed by atoms with Crippen molar-refractivity contribution in [2.24, 2.45) is 10.9 Å². The summed E-state index contributed by atoms with van der Waals surface area (Å²) in [6.07, 6.45) is 0. The van der Waals surface area contributed by atoms with Gasteiger partial charge < -0.3 is 10.6 Å². The number of nitrogens with zero attached hydrogens (tertiary/aromatic N) is 1. The van der Waals surface area contributed by atoms with Crippen molar-refractivity contribution in [1.29, 1.82) is 0 Å². The maximum absolute atomic E-state index is 12.5. The molecule has 0 saturated heterocycles. The summed E-state index contributed by atoms with van der Waals surface area (Å²) in [7, 11) is 0. The summed E-state index contributed by atoms with van der Waals surface area (Å²) in [5.74, 6) is 0.400. The highest BCUT2D eigenvalue weighted by atomic mass is 32.2. The van der Waals surface area contributed by atoms with Gasteiger partial charge in [0, 0.05) is 11.3 Å². The van der Waals surface area contributed by atoms with Gasteiger partial charge in [0.15, 0.2) is 5.17 Å². The third-order valence-corrected chi connectivity index (χ3v) is 4.96. The van der Waals surface area contributed by atoms with E-state index in [0.29, 0.717) is 10.7 Å². The molecule has 0 fully saturated rings. The Bertz CT molecular complexity index is 660. The van der Waals surface area contributed by atoms with Crippen molar-refractivity contribution in [1.82, 2.24) is 10.6 Å². The number of rotatable bonds is 4. The molecule has 2 amide bonds. The smallest absolute Gasteiger partial charge is 0.251 e. The molecule has 0 spiro atoms. The first kappa shape index (κ1) is 19.5. The lowest BCUT2D eigenvalue weighted by Gasteiger charge is -2.22. The summed E-state index contributed by atoms with van der Waals surface area (Å²) < 4.78 is 0. The predicted octanol–water partition coefficient (Wildman–Crippen LogP) is 2.96. The molecule has 1 atom stereocenters. The van der Waals surface area contributed by atoms with Crippen molar-refractivity contribution in [2.75, 3.05) is 12.3 Å². The van der Waals surface area contributed by atoms with Crippen LogP contribution in [0.15, 0.2) is 29.3 Å². The molecule has 1 aromatic carbocycles. The van der Waals surface area contributed by atoms with E-state index >= 15 is 0 Å². The number of benzene rings is 1. The van der Waals surface area contributed by atoms with Gasteiger partial charge in [-0.15, -0.1) is 0 Å². The summed E-state index contributed by atoms with van der Waals surface area (Å²) in [4.78, 5) is 29.2. The third-order valence-electron chi connectivity index (χ3n) is 4.06. The lowest BCUT2D eigenvalue weighted by atomic mass is 9.86. The van der Waals surface area contributed by atoms with E-state index in [1.54, 1.807) is 0 Å². The quantitative estimate of drug-likeness (QED) is 0.866. The van der Waals surface area contributed by atoms with Crippen LogP contribution in [0.2, 0.25) is 0 Å². The molecule has 1 aliphatic heterocycles. The lowest BCUT2D eigenvalue weighted by Crippen LogP contribution is -2.50. The number of amidine groups is 1. The van der Waals surface area contributed by atoms with E-state index in [4.69, 9.17) is 0 Å².